The monoisotopic (exact) mass is 320 g/mol. The van der Waals surface area contributed by atoms with E-state index in [1.807, 2.05) is 19.3 Å². The maximum atomic E-state index is 4.48. The van der Waals surface area contributed by atoms with Gasteiger partial charge in [0.1, 0.15) is 0 Å². The van der Waals surface area contributed by atoms with Crippen LogP contribution >= 0.6 is 12.4 Å². The van der Waals surface area contributed by atoms with Crippen molar-refractivity contribution in [3.63, 3.8) is 0 Å². The smallest absolute Gasteiger partial charge is 0.0649 e. The van der Waals surface area contributed by atoms with Crippen molar-refractivity contribution in [1.29, 1.82) is 0 Å². The van der Waals surface area contributed by atoms with Crippen molar-refractivity contribution in [2.45, 2.75) is 19.4 Å². The van der Waals surface area contributed by atoms with Gasteiger partial charge in [0, 0.05) is 19.3 Å². The minimum Gasteiger partial charge on any atom is -0.319 e. The van der Waals surface area contributed by atoms with Crippen LogP contribution in [0.5, 0.6) is 0 Å². The van der Waals surface area contributed by atoms with Crippen LogP contribution in [0.1, 0.15) is 18.5 Å². The van der Waals surface area contributed by atoms with Crippen LogP contribution in [0.2, 0.25) is 0 Å². The van der Waals surface area contributed by atoms with Gasteiger partial charge in [-0.05, 0) is 57.1 Å². The number of rotatable bonds is 5. The molecule has 22 heavy (non-hydrogen) atoms. The SMILES string of the molecule is CNCC1CCCN(Cc2ccnn2-c2ccccc2)C1.Cl. The Labute approximate surface area is 138 Å². The quantitative estimate of drug-likeness (QED) is 0.919. The van der Waals surface area contributed by atoms with Crippen LogP contribution in [0.25, 0.3) is 5.69 Å². The fraction of sp³-hybridized carbons (Fsp3) is 0.471. The van der Waals surface area contributed by atoms with Crippen LogP contribution in [-0.2, 0) is 6.54 Å². The molecule has 1 fully saturated rings. The number of piperidine rings is 1. The molecule has 1 N–H and O–H groups in total. The molecule has 1 atom stereocenters. The lowest BCUT2D eigenvalue weighted by Crippen LogP contribution is -2.38. The first-order chi connectivity index (χ1) is 10.4. The zero-order valence-electron chi connectivity index (χ0n) is 13.1. The molecule has 1 aliphatic rings. The molecule has 5 heteroatoms. The van der Waals surface area contributed by atoms with Crippen LogP contribution in [-0.4, -0.2) is 41.4 Å². The Morgan fingerprint density at radius 3 is 2.82 bits per heavy atom. The number of aromatic nitrogens is 2. The van der Waals surface area contributed by atoms with Gasteiger partial charge in [-0.1, -0.05) is 18.2 Å². The fourth-order valence-electron chi connectivity index (χ4n) is 3.23. The molecule has 1 saturated heterocycles. The summed E-state index contributed by atoms with van der Waals surface area (Å²) in [5, 5.41) is 7.79. The predicted octanol–water partition coefficient (Wildman–Crippen LogP) is 2.73. The lowest BCUT2D eigenvalue weighted by molar-refractivity contribution is 0.164. The average molecular weight is 321 g/mol. The largest absolute Gasteiger partial charge is 0.319 e. The second-order valence-corrected chi connectivity index (χ2v) is 5.87. The summed E-state index contributed by atoms with van der Waals surface area (Å²) in [5.74, 6) is 0.775. The molecule has 4 nitrogen and oxygen atoms in total. The summed E-state index contributed by atoms with van der Waals surface area (Å²) >= 11 is 0. The second kappa shape index (κ2) is 8.32. The highest BCUT2D eigenvalue weighted by Crippen LogP contribution is 2.19. The summed E-state index contributed by atoms with van der Waals surface area (Å²) in [7, 11) is 2.05. The maximum Gasteiger partial charge on any atom is 0.0649 e. The molecular formula is C17H25ClN4. The zero-order valence-corrected chi connectivity index (χ0v) is 13.9. The van der Waals surface area contributed by atoms with Gasteiger partial charge in [0.25, 0.3) is 0 Å². The molecule has 1 aromatic carbocycles. The first-order valence-corrected chi connectivity index (χ1v) is 7.82. The molecule has 2 heterocycles. The van der Waals surface area contributed by atoms with Crippen LogP contribution < -0.4 is 5.32 Å². The summed E-state index contributed by atoms with van der Waals surface area (Å²) in [4.78, 5) is 2.56. The average Bonchev–Trinajstić information content (AvgIpc) is 2.97. The van der Waals surface area contributed by atoms with Crippen molar-refractivity contribution in [3.05, 3.63) is 48.3 Å². The van der Waals surface area contributed by atoms with Crippen LogP contribution in [0.15, 0.2) is 42.6 Å². The Bertz CT molecular complexity index is 553. The Kier molecular flexibility index (Phi) is 6.43. The summed E-state index contributed by atoms with van der Waals surface area (Å²) in [6.45, 7) is 4.48. The van der Waals surface area contributed by atoms with Crippen LogP contribution in [0.3, 0.4) is 0 Å². The molecule has 2 aromatic rings. The van der Waals surface area contributed by atoms with E-state index in [2.05, 4.69) is 50.3 Å². The first-order valence-electron chi connectivity index (χ1n) is 7.82. The highest BCUT2D eigenvalue weighted by molar-refractivity contribution is 5.85. The Hall–Kier alpha value is -1.36. The molecule has 0 aliphatic carbocycles. The Morgan fingerprint density at radius 1 is 1.23 bits per heavy atom. The molecule has 1 aliphatic heterocycles. The lowest BCUT2D eigenvalue weighted by Gasteiger charge is -2.32. The summed E-state index contributed by atoms with van der Waals surface area (Å²) in [5.41, 5.74) is 2.41. The van der Waals surface area contributed by atoms with E-state index >= 15 is 0 Å². The van der Waals surface area contributed by atoms with Gasteiger partial charge in [0.2, 0.25) is 0 Å². The van der Waals surface area contributed by atoms with Gasteiger partial charge < -0.3 is 5.32 Å². The van der Waals surface area contributed by atoms with Gasteiger partial charge in [0.15, 0.2) is 0 Å². The summed E-state index contributed by atoms with van der Waals surface area (Å²) in [6.07, 6.45) is 4.54. The van der Waals surface area contributed by atoms with E-state index in [9.17, 15) is 0 Å². The van der Waals surface area contributed by atoms with E-state index in [4.69, 9.17) is 0 Å². The summed E-state index contributed by atoms with van der Waals surface area (Å²) in [6, 6.07) is 12.5. The fourth-order valence-corrected chi connectivity index (χ4v) is 3.23. The Balaban J connectivity index is 0.00000176. The van der Waals surface area contributed by atoms with Crippen molar-refractivity contribution in [3.8, 4) is 5.69 Å². The van der Waals surface area contributed by atoms with E-state index in [0.717, 1.165) is 24.7 Å². The minimum absolute atomic E-state index is 0. The number of benzene rings is 1. The van der Waals surface area contributed by atoms with E-state index < -0.39 is 0 Å². The van der Waals surface area contributed by atoms with Gasteiger partial charge in [0.05, 0.1) is 11.4 Å². The number of likely N-dealkylation sites (tertiary alicyclic amines) is 1. The molecule has 0 bridgehead atoms. The minimum atomic E-state index is 0. The molecule has 3 rings (SSSR count). The number of nitrogens with zero attached hydrogens (tertiary/aromatic N) is 3. The standard InChI is InChI=1S/C17H24N4.ClH/c1-18-12-15-6-5-11-20(13-15)14-17-9-10-19-21(17)16-7-3-2-4-8-16;/h2-4,7-10,15,18H,5-6,11-14H2,1H3;1H. The number of halogens is 1. The van der Waals surface area contributed by atoms with E-state index in [-0.39, 0.29) is 12.4 Å². The van der Waals surface area contributed by atoms with Crippen LogP contribution in [0, 0.1) is 5.92 Å². The first kappa shape index (κ1) is 17.0. The topological polar surface area (TPSA) is 33.1 Å². The highest BCUT2D eigenvalue weighted by atomic mass is 35.5. The van der Waals surface area contributed by atoms with Crippen molar-refractivity contribution < 1.29 is 0 Å². The normalized spacial score (nSPS) is 18.9. The third kappa shape index (κ3) is 4.09. The summed E-state index contributed by atoms with van der Waals surface area (Å²) < 4.78 is 2.06. The number of para-hydroxylation sites is 1. The van der Waals surface area contributed by atoms with E-state index in [0.29, 0.717) is 0 Å². The van der Waals surface area contributed by atoms with Gasteiger partial charge in [-0.25, -0.2) is 4.68 Å². The van der Waals surface area contributed by atoms with Gasteiger partial charge in [-0.2, -0.15) is 5.10 Å². The zero-order chi connectivity index (χ0) is 14.5. The molecule has 1 unspecified atom stereocenters. The van der Waals surface area contributed by atoms with Gasteiger partial charge in [-0.15, -0.1) is 12.4 Å². The highest BCUT2D eigenvalue weighted by Gasteiger charge is 2.20. The maximum absolute atomic E-state index is 4.48. The van der Waals surface area contributed by atoms with Gasteiger partial charge in [-0.3, -0.25) is 4.90 Å². The molecule has 0 saturated carbocycles. The third-order valence-corrected chi connectivity index (χ3v) is 4.20. The number of hydrogen-bond acceptors (Lipinski definition) is 3. The molecule has 120 valence electrons. The van der Waals surface area contributed by atoms with E-state index in [1.165, 1.54) is 31.6 Å². The van der Waals surface area contributed by atoms with E-state index in [1.54, 1.807) is 0 Å². The van der Waals surface area contributed by atoms with Crippen LogP contribution in [0.4, 0.5) is 0 Å². The molecular weight excluding hydrogens is 296 g/mol. The molecule has 0 amide bonds. The molecule has 1 aromatic heterocycles. The number of nitrogens with one attached hydrogen (secondary N) is 1. The molecule has 0 radical (unpaired) electrons. The van der Waals surface area contributed by atoms with Crippen molar-refractivity contribution in [2.24, 2.45) is 5.92 Å². The third-order valence-electron chi connectivity index (χ3n) is 4.20. The van der Waals surface area contributed by atoms with Crippen molar-refractivity contribution >= 4 is 12.4 Å². The van der Waals surface area contributed by atoms with Crippen molar-refractivity contribution in [2.75, 3.05) is 26.7 Å². The Morgan fingerprint density at radius 2 is 2.05 bits per heavy atom. The molecule has 0 spiro atoms. The van der Waals surface area contributed by atoms with Gasteiger partial charge >= 0.3 is 0 Å². The second-order valence-electron chi connectivity index (χ2n) is 5.87. The van der Waals surface area contributed by atoms with Crippen molar-refractivity contribution in [1.82, 2.24) is 20.0 Å². The predicted molar refractivity (Wildman–Crippen MR) is 92.7 cm³/mol. The number of hydrogen-bond donors (Lipinski definition) is 1. The lowest BCUT2D eigenvalue weighted by atomic mass is 9.98.